The Balaban J connectivity index is 1.90. The zero-order valence-electron chi connectivity index (χ0n) is 17.6. The van der Waals surface area contributed by atoms with Crippen molar-refractivity contribution in [2.75, 3.05) is 42.6 Å². The predicted molar refractivity (Wildman–Crippen MR) is 119 cm³/mol. The fraction of sp³-hybridized carbons (Fsp3) is 0.583. The van der Waals surface area contributed by atoms with E-state index in [4.69, 9.17) is 9.72 Å². The molecule has 0 aliphatic carbocycles. The van der Waals surface area contributed by atoms with Crippen LogP contribution in [-0.4, -0.2) is 37.8 Å². The summed E-state index contributed by atoms with van der Waals surface area (Å²) >= 11 is 0. The molecule has 154 valence electrons. The number of rotatable bonds is 4. The van der Waals surface area contributed by atoms with Gasteiger partial charge in [-0.2, -0.15) is 5.26 Å². The minimum Gasteiger partial charge on any atom is -0.494 e. The molecule has 0 saturated carbocycles. The summed E-state index contributed by atoms with van der Waals surface area (Å²) < 4.78 is 5.78. The number of hydrogen-bond donors (Lipinski definition) is 0. The van der Waals surface area contributed by atoms with Crippen molar-refractivity contribution in [2.45, 2.75) is 58.3 Å². The third-order valence-electron chi connectivity index (χ3n) is 6.16. The average molecular weight is 393 g/mol. The largest absolute Gasteiger partial charge is 0.494 e. The van der Waals surface area contributed by atoms with Gasteiger partial charge in [0.15, 0.2) is 0 Å². The molecule has 5 nitrogen and oxygen atoms in total. The molecule has 3 heterocycles. The number of fused-ring (bicyclic) bond motifs is 1. The van der Waals surface area contributed by atoms with Crippen LogP contribution >= 0.6 is 0 Å². The summed E-state index contributed by atoms with van der Waals surface area (Å²) in [7, 11) is 0. The highest BCUT2D eigenvalue weighted by Crippen LogP contribution is 2.38. The van der Waals surface area contributed by atoms with Gasteiger partial charge in [-0.1, -0.05) is 25.7 Å². The monoisotopic (exact) mass is 392 g/mol. The summed E-state index contributed by atoms with van der Waals surface area (Å²) in [5, 5.41) is 11.3. The van der Waals surface area contributed by atoms with Crippen LogP contribution in [0.3, 0.4) is 0 Å². The van der Waals surface area contributed by atoms with Gasteiger partial charge in [0, 0.05) is 31.6 Å². The van der Waals surface area contributed by atoms with E-state index in [1.807, 2.05) is 13.0 Å². The van der Waals surface area contributed by atoms with Crippen LogP contribution in [0, 0.1) is 11.3 Å². The summed E-state index contributed by atoms with van der Waals surface area (Å²) in [6.07, 6.45) is 9.78. The van der Waals surface area contributed by atoms with E-state index >= 15 is 0 Å². The topological polar surface area (TPSA) is 52.4 Å². The van der Waals surface area contributed by atoms with Gasteiger partial charge in [-0.3, -0.25) is 0 Å². The maximum Gasteiger partial charge on any atom is 0.149 e. The molecule has 4 rings (SSSR count). The molecular weight excluding hydrogens is 360 g/mol. The minimum absolute atomic E-state index is 0.634. The van der Waals surface area contributed by atoms with Crippen molar-refractivity contribution in [1.29, 1.82) is 5.26 Å². The van der Waals surface area contributed by atoms with Crippen molar-refractivity contribution in [3.8, 4) is 11.8 Å². The molecular formula is C24H32N4O. The van der Waals surface area contributed by atoms with Gasteiger partial charge in [0.2, 0.25) is 0 Å². The van der Waals surface area contributed by atoms with Gasteiger partial charge in [0.25, 0.3) is 0 Å². The van der Waals surface area contributed by atoms with Crippen LogP contribution in [0.1, 0.15) is 63.9 Å². The van der Waals surface area contributed by atoms with Gasteiger partial charge < -0.3 is 14.5 Å². The molecule has 29 heavy (non-hydrogen) atoms. The number of benzene rings is 1. The molecule has 1 aromatic heterocycles. The Bertz CT molecular complexity index is 873. The van der Waals surface area contributed by atoms with Crippen LogP contribution in [0.25, 0.3) is 10.9 Å². The Morgan fingerprint density at radius 1 is 0.931 bits per heavy atom. The second kappa shape index (κ2) is 9.35. The fourth-order valence-electron chi connectivity index (χ4n) is 4.71. The number of nitriles is 1. The zero-order valence-corrected chi connectivity index (χ0v) is 17.6. The maximum absolute atomic E-state index is 10.3. The standard InChI is InChI=1S/C24H32N4O/c1-2-29-19-11-12-22-20(17-19)23(27-13-7-3-4-8-14-27)21(18-25)24(26-22)28-15-9-5-6-10-16-28/h11-12,17H,2-10,13-16H2,1H3. The van der Waals surface area contributed by atoms with Crippen LogP contribution in [0.2, 0.25) is 0 Å². The Morgan fingerprint density at radius 3 is 2.14 bits per heavy atom. The van der Waals surface area contributed by atoms with Crippen LogP contribution in [0.15, 0.2) is 18.2 Å². The molecule has 5 heteroatoms. The van der Waals surface area contributed by atoms with E-state index < -0.39 is 0 Å². The number of nitrogens with zero attached hydrogens (tertiary/aromatic N) is 4. The number of pyridine rings is 1. The second-order valence-corrected chi connectivity index (χ2v) is 8.19. The van der Waals surface area contributed by atoms with E-state index in [0.29, 0.717) is 6.61 Å². The van der Waals surface area contributed by atoms with Gasteiger partial charge in [-0.05, 0) is 50.8 Å². The number of anilines is 2. The lowest BCUT2D eigenvalue weighted by atomic mass is 10.1. The number of hydrogen-bond acceptors (Lipinski definition) is 5. The first-order chi connectivity index (χ1) is 14.3. The van der Waals surface area contributed by atoms with Crippen molar-refractivity contribution in [2.24, 2.45) is 0 Å². The molecule has 0 unspecified atom stereocenters. The smallest absolute Gasteiger partial charge is 0.149 e. The van der Waals surface area contributed by atoms with Crippen LogP contribution in [0.4, 0.5) is 11.5 Å². The molecule has 0 N–H and O–H groups in total. The third kappa shape index (κ3) is 4.27. The lowest BCUT2D eigenvalue weighted by molar-refractivity contribution is 0.340. The van der Waals surface area contributed by atoms with Gasteiger partial charge in [-0.15, -0.1) is 0 Å². The lowest BCUT2D eigenvalue weighted by Crippen LogP contribution is -2.29. The molecule has 0 atom stereocenters. The van der Waals surface area contributed by atoms with E-state index in [1.165, 1.54) is 51.4 Å². The van der Waals surface area contributed by atoms with Crippen LogP contribution < -0.4 is 14.5 Å². The van der Waals surface area contributed by atoms with Crippen molar-refractivity contribution >= 4 is 22.4 Å². The van der Waals surface area contributed by atoms with Crippen molar-refractivity contribution in [3.63, 3.8) is 0 Å². The fourth-order valence-corrected chi connectivity index (χ4v) is 4.71. The van der Waals surface area contributed by atoms with E-state index in [2.05, 4.69) is 28.0 Å². The van der Waals surface area contributed by atoms with Crippen LogP contribution in [0.5, 0.6) is 5.75 Å². The number of aromatic nitrogens is 1. The SMILES string of the molecule is CCOc1ccc2nc(N3CCCCCC3)c(C#N)c(N3CCCCCC3)c2c1. The van der Waals surface area contributed by atoms with Gasteiger partial charge in [0.05, 0.1) is 17.8 Å². The number of ether oxygens (including phenoxy) is 1. The minimum atomic E-state index is 0.634. The predicted octanol–water partition coefficient (Wildman–Crippen LogP) is 5.27. The second-order valence-electron chi connectivity index (χ2n) is 8.19. The Labute approximate surface area is 174 Å². The zero-order chi connectivity index (χ0) is 20.1. The summed E-state index contributed by atoms with van der Waals surface area (Å²) in [6, 6.07) is 8.70. The first-order valence-electron chi connectivity index (χ1n) is 11.3. The molecule has 1 aromatic carbocycles. The molecule has 0 bridgehead atoms. The highest BCUT2D eigenvalue weighted by atomic mass is 16.5. The summed E-state index contributed by atoms with van der Waals surface area (Å²) in [6.45, 7) is 6.63. The highest BCUT2D eigenvalue weighted by molar-refractivity contribution is 5.98. The molecule has 2 saturated heterocycles. The van der Waals surface area contributed by atoms with Crippen molar-refractivity contribution in [3.05, 3.63) is 23.8 Å². The molecule has 0 spiro atoms. The van der Waals surface area contributed by atoms with Gasteiger partial charge in [-0.25, -0.2) is 4.98 Å². The van der Waals surface area contributed by atoms with E-state index in [1.54, 1.807) is 0 Å². The van der Waals surface area contributed by atoms with Gasteiger partial charge >= 0.3 is 0 Å². The summed E-state index contributed by atoms with van der Waals surface area (Å²) in [4.78, 5) is 9.80. The third-order valence-corrected chi connectivity index (χ3v) is 6.16. The average Bonchev–Trinajstić information content (AvgIpc) is 3.18. The Morgan fingerprint density at radius 2 is 1.55 bits per heavy atom. The van der Waals surface area contributed by atoms with Crippen LogP contribution in [-0.2, 0) is 0 Å². The Kier molecular flexibility index (Phi) is 6.39. The van der Waals surface area contributed by atoms with Gasteiger partial charge in [0.1, 0.15) is 23.2 Å². The molecule has 0 radical (unpaired) electrons. The maximum atomic E-state index is 10.3. The Hall–Kier alpha value is -2.48. The first-order valence-corrected chi connectivity index (χ1v) is 11.3. The summed E-state index contributed by atoms with van der Waals surface area (Å²) in [5.74, 6) is 1.73. The molecule has 2 aliphatic heterocycles. The molecule has 2 fully saturated rings. The van der Waals surface area contributed by atoms with E-state index in [9.17, 15) is 5.26 Å². The normalized spacial score (nSPS) is 18.2. The molecule has 2 aliphatic rings. The highest BCUT2D eigenvalue weighted by Gasteiger charge is 2.25. The van der Waals surface area contributed by atoms with Crippen molar-refractivity contribution < 1.29 is 4.74 Å². The van der Waals surface area contributed by atoms with E-state index in [0.717, 1.165) is 59.9 Å². The van der Waals surface area contributed by atoms with Crippen molar-refractivity contribution in [1.82, 2.24) is 4.98 Å². The lowest BCUT2D eigenvalue weighted by Gasteiger charge is -2.29. The van der Waals surface area contributed by atoms with E-state index in [-0.39, 0.29) is 0 Å². The molecule has 2 aromatic rings. The quantitative estimate of drug-likeness (QED) is 0.710. The first kappa shape index (κ1) is 19.8. The molecule has 0 amide bonds. The summed E-state index contributed by atoms with van der Waals surface area (Å²) in [5.41, 5.74) is 2.78.